The Morgan fingerprint density at radius 2 is 1.36 bits per heavy atom. The summed E-state index contributed by atoms with van der Waals surface area (Å²) < 4.78 is -0.0532. The topological polar surface area (TPSA) is 17.1 Å². The van der Waals surface area contributed by atoms with Crippen LogP contribution in [0.5, 0.6) is 0 Å². The summed E-state index contributed by atoms with van der Waals surface area (Å²) in [6.07, 6.45) is 0. The Labute approximate surface area is 102 Å². The van der Waals surface area contributed by atoms with Crippen LogP contribution in [0.2, 0.25) is 0 Å². The van der Waals surface area contributed by atoms with E-state index in [0.717, 1.165) is 0 Å². The van der Waals surface area contributed by atoms with Crippen LogP contribution in [0.1, 0.15) is 10.4 Å². The van der Waals surface area contributed by atoms with Gasteiger partial charge < -0.3 is 30.3 Å². The van der Waals surface area contributed by atoms with Gasteiger partial charge >= 0.3 is 0 Å². The van der Waals surface area contributed by atoms with Crippen LogP contribution in [0.4, 0.5) is 0 Å². The largest absolute Gasteiger partial charge is 0.748 e. The molecule has 0 atom stereocenters. The maximum Gasteiger partial charge on any atom is 0.174 e. The summed E-state index contributed by atoms with van der Waals surface area (Å²) in [5.41, 5.74) is 0.713. The first-order valence-electron chi connectivity index (χ1n) is 3.89. The molecule has 0 heterocycles. The molecule has 14 heavy (non-hydrogen) atoms. The second-order valence-corrected chi connectivity index (χ2v) is 3.13. The van der Waals surface area contributed by atoms with Crippen LogP contribution in [0.3, 0.4) is 0 Å². The molecule has 0 fully saturated rings. The van der Waals surface area contributed by atoms with E-state index in [1.807, 2.05) is 42.5 Å². The molecule has 1 nitrogen and oxygen atoms in total. The zero-order valence-corrected chi connectivity index (χ0v) is 10.0. The van der Waals surface area contributed by atoms with Crippen LogP contribution < -0.4 is 0 Å². The van der Waals surface area contributed by atoms with Crippen LogP contribution in [0.25, 0.3) is 0 Å². The third kappa shape index (κ3) is 5.18. The number of hydrogen-bond donors (Lipinski definition) is 0. The van der Waals surface area contributed by atoms with Gasteiger partial charge in [0.15, 0.2) is 4.69 Å². The Kier molecular flexibility index (Phi) is 7.39. The van der Waals surface area contributed by atoms with Gasteiger partial charge in [-0.25, -0.2) is 12.1 Å². The minimum Gasteiger partial charge on any atom is -0.748 e. The van der Waals surface area contributed by atoms with Crippen LogP contribution in [0.15, 0.2) is 54.6 Å². The molecule has 2 aromatic rings. The molecular weight excluding hydrogens is 284 g/mol. The summed E-state index contributed by atoms with van der Waals surface area (Å²) in [6.45, 7) is 0. The monoisotopic (exact) mass is 292 g/mol. The fourth-order valence-electron chi connectivity index (χ4n) is 0.826. The maximum atomic E-state index is 10.4. The van der Waals surface area contributed by atoms with E-state index >= 15 is 0 Å². The molecule has 0 aliphatic carbocycles. The van der Waals surface area contributed by atoms with Crippen LogP contribution >= 0.6 is 15.9 Å². The van der Waals surface area contributed by atoms with E-state index in [2.05, 4.69) is 15.9 Å². The average molecular weight is 293 g/mol. The van der Waals surface area contributed by atoms with Gasteiger partial charge in [-0.05, 0) is 15.9 Å². The minimum absolute atomic E-state index is 0. The van der Waals surface area contributed by atoms with Crippen molar-refractivity contribution in [3.63, 3.8) is 0 Å². The van der Waals surface area contributed by atoms with Crippen molar-refractivity contribution in [2.24, 2.45) is 0 Å². The summed E-state index contributed by atoms with van der Waals surface area (Å²) in [4.78, 5) is 10.4. The molecule has 0 bridgehead atoms. The zero-order valence-electron chi connectivity index (χ0n) is 7.34. The fourth-order valence-corrected chi connectivity index (χ4v) is 1.09. The van der Waals surface area contributed by atoms with Crippen molar-refractivity contribution in [3.8, 4) is 0 Å². The predicted octanol–water partition coefficient (Wildman–Crippen LogP) is 3.34. The SMILES string of the molecule is O=C(Br)[c-]1cccc1.[Fe].[cH-]1[cH-][cH-][cH-][cH-]1. The molecule has 0 N–H and O–H groups in total. The van der Waals surface area contributed by atoms with Crippen LogP contribution in [-0.2, 0) is 17.1 Å². The second-order valence-electron chi connectivity index (χ2n) is 2.41. The van der Waals surface area contributed by atoms with E-state index in [9.17, 15) is 4.79 Å². The van der Waals surface area contributed by atoms with Crippen molar-refractivity contribution < 1.29 is 21.9 Å². The van der Waals surface area contributed by atoms with Crippen molar-refractivity contribution in [2.45, 2.75) is 0 Å². The van der Waals surface area contributed by atoms with Crippen molar-refractivity contribution in [2.75, 3.05) is 0 Å². The first-order chi connectivity index (χ1) is 6.30. The van der Waals surface area contributed by atoms with Gasteiger partial charge in [0.05, 0.1) is 0 Å². The zero-order chi connectivity index (χ0) is 9.52. The molecule has 0 saturated heterocycles. The molecule has 0 amide bonds. The summed E-state index contributed by atoms with van der Waals surface area (Å²) in [5, 5.41) is 0. The molecule has 0 aliphatic rings. The van der Waals surface area contributed by atoms with Crippen molar-refractivity contribution in [1.82, 2.24) is 0 Å². The van der Waals surface area contributed by atoms with Crippen LogP contribution in [0, 0.1) is 0 Å². The smallest absolute Gasteiger partial charge is 0.174 e. The molecule has 0 aliphatic heterocycles. The molecule has 0 spiro atoms. The molecular formula is C11H9BrFeO-6. The molecule has 3 heteroatoms. The first-order valence-corrected chi connectivity index (χ1v) is 4.68. The van der Waals surface area contributed by atoms with Gasteiger partial charge in [0.1, 0.15) is 0 Å². The molecule has 0 saturated carbocycles. The number of carbonyl (C=O) groups excluding carboxylic acids is 1. The van der Waals surface area contributed by atoms with Gasteiger partial charge in [-0.2, -0.15) is 12.1 Å². The van der Waals surface area contributed by atoms with E-state index < -0.39 is 0 Å². The van der Waals surface area contributed by atoms with Gasteiger partial charge in [-0.15, -0.1) is 0 Å². The summed E-state index contributed by atoms with van der Waals surface area (Å²) >= 11 is 2.82. The van der Waals surface area contributed by atoms with Gasteiger partial charge in [0.2, 0.25) is 0 Å². The summed E-state index contributed by atoms with van der Waals surface area (Å²) in [6, 6.07) is 17.2. The predicted molar refractivity (Wildman–Crippen MR) is 57.3 cm³/mol. The number of hydrogen-bond acceptors (Lipinski definition) is 1. The van der Waals surface area contributed by atoms with Gasteiger partial charge in [-0.3, -0.25) is 4.79 Å². The Morgan fingerprint density at radius 1 is 1.00 bits per heavy atom. The van der Waals surface area contributed by atoms with Crippen molar-refractivity contribution in [3.05, 3.63) is 60.2 Å². The van der Waals surface area contributed by atoms with Gasteiger partial charge in [0.25, 0.3) is 0 Å². The molecule has 2 rings (SSSR count). The van der Waals surface area contributed by atoms with Gasteiger partial charge in [0, 0.05) is 17.1 Å². The summed E-state index contributed by atoms with van der Waals surface area (Å²) in [5.74, 6) is 0. The maximum absolute atomic E-state index is 10.4. The first kappa shape index (κ1) is 13.4. The molecule has 0 radical (unpaired) electrons. The normalized spacial score (nSPS) is 8.07. The third-order valence-electron chi connectivity index (χ3n) is 1.45. The van der Waals surface area contributed by atoms with Crippen molar-refractivity contribution in [1.29, 1.82) is 0 Å². The molecule has 0 aromatic heterocycles. The fraction of sp³-hybridized carbons (Fsp3) is 0. The number of halogens is 1. The standard InChI is InChI=1S/C6H4BrO.C5H5.Fe/c7-6(8)5-3-1-2-4-5;1-2-4-5-3-1;/h1-4H;1-5H;/q-1;-5;. The van der Waals surface area contributed by atoms with Crippen LogP contribution in [-0.4, -0.2) is 4.69 Å². The number of carbonyl (C=O) groups is 1. The van der Waals surface area contributed by atoms with Gasteiger partial charge in [-0.1, -0.05) is 5.56 Å². The third-order valence-corrected chi connectivity index (χ3v) is 1.90. The van der Waals surface area contributed by atoms with E-state index in [0.29, 0.717) is 5.56 Å². The minimum atomic E-state index is -0.0532. The summed E-state index contributed by atoms with van der Waals surface area (Å²) in [7, 11) is 0. The van der Waals surface area contributed by atoms with E-state index in [4.69, 9.17) is 0 Å². The molecule has 2 aromatic carbocycles. The Morgan fingerprint density at radius 3 is 1.57 bits per heavy atom. The average Bonchev–Trinajstić information content (AvgIpc) is 2.82. The van der Waals surface area contributed by atoms with E-state index in [1.165, 1.54) is 0 Å². The Bertz CT molecular complexity index is 307. The molecule has 0 unspecified atom stereocenters. The second kappa shape index (κ2) is 7.74. The van der Waals surface area contributed by atoms with Crippen molar-refractivity contribution >= 4 is 20.6 Å². The number of rotatable bonds is 1. The quantitative estimate of drug-likeness (QED) is 0.448. The van der Waals surface area contributed by atoms with E-state index in [1.54, 1.807) is 12.1 Å². The Balaban J connectivity index is 0.000000246. The van der Waals surface area contributed by atoms with E-state index in [-0.39, 0.29) is 21.8 Å². The molecule has 80 valence electrons. The Hall–Kier alpha value is -0.631.